The van der Waals surface area contributed by atoms with Gasteiger partial charge in [0.2, 0.25) is 0 Å². The maximum absolute atomic E-state index is 12.2. The van der Waals surface area contributed by atoms with E-state index in [0.717, 1.165) is 0 Å². The Bertz CT molecular complexity index is 795. The number of nitrogens with zero attached hydrogens (tertiary/aromatic N) is 1. The Morgan fingerprint density at radius 3 is 2.65 bits per heavy atom. The molecule has 1 amide bonds. The number of carbonyl (C=O) groups excluding carboxylic acids is 1. The summed E-state index contributed by atoms with van der Waals surface area (Å²) in [6, 6.07) is 13.7. The molecule has 0 spiro atoms. The zero-order chi connectivity index (χ0) is 16.8. The highest BCUT2D eigenvalue weighted by molar-refractivity contribution is 9.10. The van der Waals surface area contributed by atoms with Gasteiger partial charge in [-0.1, -0.05) is 34.1 Å². The summed E-state index contributed by atoms with van der Waals surface area (Å²) >= 11 is 3.28. The van der Waals surface area contributed by atoms with Crippen LogP contribution in [0.15, 0.2) is 52.5 Å². The Balaban J connectivity index is 2.32. The molecular formula is C17H13BrN2O3. The van der Waals surface area contributed by atoms with E-state index >= 15 is 0 Å². The molecule has 0 unspecified atom stereocenters. The van der Waals surface area contributed by atoms with Crippen molar-refractivity contribution >= 4 is 33.6 Å². The van der Waals surface area contributed by atoms with Crippen molar-refractivity contribution in [3.8, 4) is 17.6 Å². The summed E-state index contributed by atoms with van der Waals surface area (Å²) in [4.78, 5) is 12.2. The van der Waals surface area contributed by atoms with Crippen molar-refractivity contribution in [1.29, 1.82) is 5.26 Å². The third-order valence-electron chi connectivity index (χ3n) is 2.99. The second-order valence-electron chi connectivity index (χ2n) is 4.54. The van der Waals surface area contributed by atoms with Crippen LogP contribution < -0.4 is 10.1 Å². The molecule has 116 valence electrons. The number of nitrogens with one attached hydrogen (secondary N) is 1. The number of para-hydroxylation sites is 1. The van der Waals surface area contributed by atoms with Gasteiger partial charge in [0.15, 0.2) is 11.5 Å². The average molecular weight is 373 g/mol. The number of rotatable bonds is 4. The predicted molar refractivity (Wildman–Crippen MR) is 91.0 cm³/mol. The quantitative estimate of drug-likeness (QED) is 0.632. The van der Waals surface area contributed by atoms with Crippen molar-refractivity contribution in [2.24, 2.45) is 0 Å². The first-order valence-electron chi connectivity index (χ1n) is 6.60. The van der Waals surface area contributed by atoms with Crippen molar-refractivity contribution < 1.29 is 14.6 Å². The number of ether oxygens (including phenoxy) is 1. The summed E-state index contributed by atoms with van der Waals surface area (Å²) in [5.41, 5.74) is 1.07. The third kappa shape index (κ3) is 4.11. The van der Waals surface area contributed by atoms with Crippen molar-refractivity contribution in [2.75, 3.05) is 12.4 Å². The molecule has 2 aromatic carbocycles. The fraction of sp³-hybridized carbons (Fsp3) is 0.0588. The molecule has 0 aliphatic rings. The fourth-order valence-electron chi connectivity index (χ4n) is 1.86. The van der Waals surface area contributed by atoms with Gasteiger partial charge in [-0.15, -0.1) is 0 Å². The van der Waals surface area contributed by atoms with E-state index in [9.17, 15) is 15.2 Å². The largest absolute Gasteiger partial charge is 0.504 e. The van der Waals surface area contributed by atoms with Gasteiger partial charge in [0.25, 0.3) is 5.91 Å². The molecule has 0 aliphatic carbocycles. The summed E-state index contributed by atoms with van der Waals surface area (Å²) < 4.78 is 5.57. The molecule has 0 aromatic heterocycles. The molecule has 0 radical (unpaired) electrons. The molecule has 2 rings (SSSR count). The monoisotopic (exact) mass is 372 g/mol. The fourth-order valence-corrected chi connectivity index (χ4v) is 2.30. The van der Waals surface area contributed by atoms with Crippen molar-refractivity contribution in [1.82, 2.24) is 0 Å². The minimum atomic E-state index is -0.516. The van der Waals surface area contributed by atoms with Crippen LogP contribution in [0.2, 0.25) is 0 Å². The van der Waals surface area contributed by atoms with Crippen molar-refractivity contribution in [3.63, 3.8) is 0 Å². The molecule has 0 atom stereocenters. The van der Waals surface area contributed by atoms with Gasteiger partial charge >= 0.3 is 0 Å². The topological polar surface area (TPSA) is 82.3 Å². The third-order valence-corrected chi connectivity index (χ3v) is 3.68. The van der Waals surface area contributed by atoms with Crippen molar-refractivity contribution in [3.05, 3.63) is 58.1 Å². The smallest absolute Gasteiger partial charge is 0.266 e. The van der Waals surface area contributed by atoms with E-state index in [2.05, 4.69) is 21.2 Å². The van der Waals surface area contributed by atoms with Crippen LogP contribution in [0.5, 0.6) is 11.5 Å². The highest BCUT2D eigenvalue weighted by atomic mass is 79.9. The number of benzene rings is 2. The van der Waals surface area contributed by atoms with Crippen LogP contribution in [0.4, 0.5) is 5.69 Å². The molecule has 0 saturated heterocycles. The number of phenolic OH excluding ortho intramolecular Hbond substituents is 1. The first-order chi connectivity index (χ1) is 11.0. The summed E-state index contributed by atoms with van der Waals surface area (Å²) in [5.74, 6) is -0.304. The molecule has 0 aliphatic heterocycles. The molecule has 0 fully saturated rings. The van der Waals surface area contributed by atoms with Gasteiger partial charge in [-0.05, 0) is 35.9 Å². The van der Waals surface area contributed by atoms with E-state index in [4.69, 9.17) is 4.74 Å². The van der Waals surface area contributed by atoms with Gasteiger partial charge in [0.05, 0.1) is 7.11 Å². The number of carbonyl (C=O) groups is 1. The lowest BCUT2D eigenvalue weighted by Crippen LogP contribution is -2.13. The van der Waals surface area contributed by atoms with Crippen LogP contribution in [0, 0.1) is 11.3 Å². The highest BCUT2D eigenvalue weighted by Crippen LogP contribution is 2.33. The van der Waals surface area contributed by atoms with Gasteiger partial charge < -0.3 is 15.2 Å². The van der Waals surface area contributed by atoms with Crippen molar-refractivity contribution in [2.45, 2.75) is 0 Å². The summed E-state index contributed by atoms with van der Waals surface area (Å²) in [6.07, 6.45) is 1.42. The minimum absolute atomic E-state index is 0.0382. The van der Waals surface area contributed by atoms with Crippen LogP contribution in [-0.4, -0.2) is 18.1 Å². The number of hydrogen-bond donors (Lipinski definition) is 2. The van der Waals surface area contributed by atoms with Gasteiger partial charge in [0.1, 0.15) is 11.6 Å². The Morgan fingerprint density at radius 2 is 2.04 bits per heavy atom. The number of halogens is 1. The molecule has 0 bridgehead atoms. The molecule has 0 saturated carbocycles. The number of anilines is 1. The van der Waals surface area contributed by atoms with Gasteiger partial charge in [-0.3, -0.25) is 4.79 Å². The second-order valence-corrected chi connectivity index (χ2v) is 5.39. The second kappa shape index (κ2) is 7.47. The first kappa shape index (κ1) is 16.6. The molecular weight excluding hydrogens is 360 g/mol. The number of aromatic hydroxyl groups is 1. The number of nitriles is 1. The summed E-state index contributed by atoms with van der Waals surface area (Å²) in [7, 11) is 1.42. The highest BCUT2D eigenvalue weighted by Gasteiger charge is 2.12. The molecule has 2 N–H and O–H groups in total. The maximum atomic E-state index is 12.2. The maximum Gasteiger partial charge on any atom is 0.266 e. The zero-order valence-electron chi connectivity index (χ0n) is 12.2. The molecule has 2 aromatic rings. The lowest BCUT2D eigenvalue weighted by molar-refractivity contribution is -0.112. The Kier molecular flexibility index (Phi) is 5.39. The Labute approximate surface area is 142 Å². The lowest BCUT2D eigenvalue weighted by atomic mass is 10.1. The number of hydrogen-bond acceptors (Lipinski definition) is 4. The minimum Gasteiger partial charge on any atom is -0.504 e. The van der Waals surface area contributed by atoms with E-state index in [0.29, 0.717) is 15.7 Å². The van der Waals surface area contributed by atoms with E-state index in [1.54, 1.807) is 24.3 Å². The van der Waals surface area contributed by atoms with E-state index in [1.165, 1.54) is 25.3 Å². The zero-order valence-corrected chi connectivity index (χ0v) is 13.8. The Hall–Kier alpha value is -2.78. The standard InChI is InChI=1S/C17H13BrN2O3/c1-23-16-8-11(14(18)9-15(16)21)7-12(10-19)17(22)20-13-5-3-2-4-6-13/h2-9,21H,1H3,(H,20,22). The van der Waals surface area contributed by atoms with E-state index in [-0.39, 0.29) is 17.1 Å². The van der Waals surface area contributed by atoms with Crippen LogP contribution in [0.25, 0.3) is 6.08 Å². The first-order valence-corrected chi connectivity index (χ1v) is 7.39. The van der Waals surface area contributed by atoms with E-state index in [1.807, 2.05) is 12.1 Å². The molecule has 5 nitrogen and oxygen atoms in total. The van der Waals surface area contributed by atoms with Gasteiger partial charge in [0, 0.05) is 10.2 Å². The number of methoxy groups -OCH3 is 1. The van der Waals surface area contributed by atoms with Crippen LogP contribution in [-0.2, 0) is 4.79 Å². The van der Waals surface area contributed by atoms with Gasteiger partial charge in [-0.25, -0.2) is 0 Å². The predicted octanol–water partition coefficient (Wildman–Crippen LogP) is 3.71. The SMILES string of the molecule is COc1cc(C=C(C#N)C(=O)Nc2ccccc2)c(Br)cc1O. The number of amides is 1. The lowest BCUT2D eigenvalue weighted by Gasteiger charge is -2.08. The average Bonchev–Trinajstić information content (AvgIpc) is 2.55. The van der Waals surface area contributed by atoms with Crippen LogP contribution in [0.3, 0.4) is 0 Å². The molecule has 23 heavy (non-hydrogen) atoms. The number of phenols is 1. The van der Waals surface area contributed by atoms with Gasteiger partial charge in [-0.2, -0.15) is 5.26 Å². The summed E-state index contributed by atoms with van der Waals surface area (Å²) in [5, 5.41) is 21.6. The van der Waals surface area contributed by atoms with Crippen LogP contribution >= 0.6 is 15.9 Å². The van der Waals surface area contributed by atoms with Crippen LogP contribution in [0.1, 0.15) is 5.56 Å². The van der Waals surface area contributed by atoms with E-state index < -0.39 is 5.91 Å². The summed E-state index contributed by atoms with van der Waals surface area (Å²) in [6.45, 7) is 0. The normalized spacial score (nSPS) is 10.7. The molecule has 6 heteroatoms. The Morgan fingerprint density at radius 1 is 1.35 bits per heavy atom. The molecule has 0 heterocycles.